The Kier molecular flexibility index (Phi) is 3.21. The summed E-state index contributed by atoms with van der Waals surface area (Å²) >= 11 is 6.31. The maximum Gasteiger partial charge on any atom is 0.243 e. The van der Waals surface area contributed by atoms with Crippen molar-refractivity contribution in [2.24, 2.45) is 0 Å². The first-order valence-corrected chi connectivity index (χ1v) is 4.69. The van der Waals surface area contributed by atoms with E-state index in [-0.39, 0.29) is 12.5 Å². The SMILES string of the molecule is CNC(=O)Cn1nc(Br)c(Br)n1. The maximum atomic E-state index is 10.9. The Morgan fingerprint density at radius 1 is 1.50 bits per heavy atom. The molecule has 1 aromatic rings. The van der Waals surface area contributed by atoms with Gasteiger partial charge in [0.15, 0.2) is 9.21 Å². The average Bonchev–Trinajstić information content (AvgIpc) is 2.31. The summed E-state index contributed by atoms with van der Waals surface area (Å²) in [6.07, 6.45) is 0. The van der Waals surface area contributed by atoms with Gasteiger partial charge in [-0.1, -0.05) is 0 Å². The van der Waals surface area contributed by atoms with E-state index in [1.807, 2.05) is 0 Å². The van der Waals surface area contributed by atoms with Crippen LogP contribution in [0.1, 0.15) is 0 Å². The Bertz CT molecular complexity index is 278. The van der Waals surface area contributed by atoms with Gasteiger partial charge in [-0.25, -0.2) is 0 Å². The molecule has 7 heteroatoms. The van der Waals surface area contributed by atoms with Crippen molar-refractivity contribution in [3.8, 4) is 0 Å². The van der Waals surface area contributed by atoms with Crippen molar-refractivity contribution in [2.45, 2.75) is 6.54 Å². The lowest BCUT2D eigenvalue weighted by atomic mass is 10.6. The van der Waals surface area contributed by atoms with E-state index in [2.05, 4.69) is 47.4 Å². The number of aromatic nitrogens is 3. The van der Waals surface area contributed by atoms with Crippen molar-refractivity contribution >= 4 is 37.8 Å². The fraction of sp³-hybridized carbons (Fsp3) is 0.400. The second-order valence-electron chi connectivity index (χ2n) is 1.99. The topological polar surface area (TPSA) is 59.8 Å². The minimum absolute atomic E-state index is 0.126. The normalized spacial score (nSPS) is 9.92. The highest BCUT2D eigenvalue weighted by Crippen LogP contribution is 2.16. The Hall–Kier alpha value is -0.430. The summed E-state index contributed by atoms with van der Waals surface area (Å²) < 4.78 is 1.18. The van der Waals surface area contributed by atoms with Crippen LogP contribution in [0.2, 0.25) is 0 Å². The Balaban J connectivity index is 2.70. The van der Waals surface area contributed by atoms with Gasteiger partial charge in [0.25, 0.3) is 0 Å². The lowest BCUT2D eigenvalue weighted by Gasteiger charge is -1.96. The van der Waals surface area contributed by atoms with Gasteiger partial charge in [0.2, 0.25) is 5.91 Å². The summed E-state index contributed by atoms with van der Waals surface area (Å²) in [6.45, 7) is 0.126. The number of hydrogen-bond donors (Lipinski definition) is 1. The smallest absolute Gasteiger partial charge is 0.243 e. The van der Waals surface area contributed by atoms with E-state index < -0.39 is 0 Å². The molecule has 0 radical (unpaired) electrons. The fourth-order valence-corrected chi connectivity index (χ4v) is 1.11. The van der Waals surface area contributed by atoms with E-state index >= 15 is 0 Å². The summed E-state index contributed by atoms with van der Waals surface area (Å²) in [7, 11) is 1.57. The molecule has 1 heterocycles. The number of nitrogens with one attached hydrogen (secondary N) is 1. The van der Waals surface area contributed by atoms with Crippen LogP contribution in [0.15, 0.2) is 9.21 Å². The van der Waals surface area contributed by atoms with Gasteiger partial charge in [0.05, 0.1) is 0 Å². The van der Waals surface area contributed by atoms with Crippen LogP contribution in [-0.2, 0) is 11.3 Å². The van der Waals surface area contributed by atoms with E-state index in [4.69, 9.17) is 0 Å². The van der Waals surface area contributed by atoms with Gasteiger partial charge >= 0.3 is 0 Å². The molecule has 0 spiro atoms. The molecule has 0 fully saturated rings. The summed E-state index contributed by atoms with van der Waals surface area (Å²) in [5, 5.41) is 10.3. The molecule has 0 aliphatic heterocycles. The van der Waals surface area contributed by atoms with Gasteiger partial charge in [0.1, 0.15) is 6.54 Å². The van der Waals surface area contributed by atoms with Gasteiger partial charge in [-0.15, -0.1) is 10.2 Å². The van der Waals surface area contributed by atoms with Gasteiger partial charge < -0.3 is 5.32 Å². The largest absolute Gasteiger partial charge is 0.358 e. The van der Waals surface area contributed by atoms with Gasteiger partial charge in [-0.05, 0) is 31.9 Å². The summed E-state index contributed by atoms with van der Waals surface area (Å²) in [5.74, 6) is -0.134. The van der Waals surface area contributed by atoms with Crippen LogP contribution >= 0.6 is 31.9 Å². The molecule has 1 N–H and O–H groups in total. The van der Waals surface area contributed by atoms with E-state index in [0.29, 0.717) is 9.21 Å². The fourth-order valence-electron chi connectivity index (χ4n) is 0.586. The highest BCUT2D eigenvalue weighted by Gasteiger charge is 2.06. The number of carbonyl (C=O) groups excluding carboxylic acids is 1. The first kappa shape index (κ1) is 9.66. The first-order valence-electron chi connectivity index (χ1n) is 3.10. The number of carbonyl (C=O) groups is 1. The molecular formula is C5H6Br2N4O. The van der Waals surface area contributed by atoms with Gasteiger partial charge in [0, 0.05) is 7.05 Å². The Labute approximate surface area is 85.8 Å². The number of hydrogen-bond acceptors (Lipinski definition) is 3. The van der Waals surface area contributed by atoms with Crippen LogP contribution in [0.25, 0.3) is 0 Å². The zero-order valence-corrected chi connectivity index (χ0v) is 9.38. The molecule has 0 unspecified atom stereocenters. The van der Waals surface area contributed by atoms with Crippen molar-refractivity contribution < 1.29 is 4.79 Å². The molecule has 0 aromatic carbocycles. The van der Waals surface area contributed by atoms with Crippen LogP contribution in [0.3, 0.4) is 0 Å². The van der Waals surface area contributed by atoms with Crippen LogP contribution in [0, 0.1) is 0 Å². The minimum Gasteiger partial charge on any atom is -0.358 e. The summed E-state index contributed by atoms with van der Waals surface area (Å²) in [4.78, 5) is 12.2. The molecule has 1 rings (SSSR count). The van der Waals surface area contributed by atoms with E-state index in [0.717, 1.165) is 0 Å². The molecule has 1 amide bonds. The predicted octanol–water partition coefficient (Wildman–Crippen LogP) is 0.549. The van der Waals surface area contributed by atoms with Crippen molar-refractivity contribution in [2.75, 3.05) is 7.05 Å². The third-order valence-electron chi connectivity index (χ3n) is 1.14. The third kappa shape index (κ3) is 2.28. The highest BCUT2D eigenvalue weighted by atomic mass is 79.9. The molecule has 12 heavy (non-hydrogen) atoms. The first-order chi connectivity index (χ1) is 5.63. The Morgan fingerprint density at radius 3 is 2.42 bits per heavy atom. The summed E-state index contributed by atoms with van der Waals surface area (Å²) in [6, 6.07) is 0. The standard InChI is InChI=1S/C5H6Br2N4O/c1-8-3(12)2-11-9-4(6)5(7)10-11/h2H2,1H3,(H,8,12). The molecule has 1 aromatic heterocycles. The minimum atomic E-state index is -0.134. The van der Waals surface area contributed by atoms with E-state index in [1.165, 1.54) is 4.80 Å². The molecule has 5 nitrogen and oxygen atoms in total. The highest BCUT2D eigenvalue weighted by molar-refractivity contribution is 9.13. The lowest BCUT2D eigenvalue weighted by Crippen LogP contribution is -2.24. The molecule has 0 aliphatic carbocycles. The van der Waals surface area contributed by atoms with Gasteiger partial charge in [-0.2, -0.15) is 4.80 Å². The molecule has 0 atom stereocenters. The van der Waals surface area contributed by atoms with Crippen LogP contribution < -0.4 is 5.32 Å². The van der Waals surface area contributed by atoms with Crippen molar-refractivity contribution in [3.05, 3.63) is 9.21 Å². The lowest BCUT2D eigenvalue weighted by molar-refractivity contribution is -0.121. The van der Waals surface area contributed by atoms with E-state index in [9.17, 15) is 4.79 Å². The number of amides is 1. The zero-order chi connectivity index (χ0) is 9.14. The molecule has 0 aliphatic rings. The molecule has 0 bridgehead atoms. The summed E-state index contributed by atoms with van der Waals surface area (Å²) in [5.41, 5.74) is 0. The molecule has 66 valence electrons. The predicted molar refractivity (Wildman–Crippen MR) is 49.5 cm³/mol. The van der Waals surface area contributed by atoms with Crippen molar-refractivity contribution in [1.29, 1.82) is 0 Å². The Morgan fingerprint density at radius 2 is 2.00 bits per heavy atom. The number of likely N-dealkylation sites (N-methyl/N-ethyl adjacent to an activating group) is 1. The van der Waals surface area contributed by atoms with Crippen LogP contribution in [-0.4, -0.2) is 27.9 Å². The molecule has 0 saturated carbocycles. The second kappa shape index (κ2) is 3.99. The monoisotopic (exact) mass is 296 g/mol. The maximum absolute atomic E-state index is 10.9. The quantitative estimate of drug-likeness (QED) is 0.867. The van der Waals surface area contributed by atoms with Crippen molar-refractivity contribution in [1.82, 2.24) is 20.3 Å². The third-order valence-corrected chi connectivity index (χ3v) is 2.74. The number of nitrogens with zero attached hydrogens (tertiary/aromatic N) is 3. The van der Waals surface area contributed by atoms with Gasteiger partial charge in [-0.3, -0.25) is 4.79 Å². The molecule has 0 saturated heterocycles. The average molecular weight is 298 g/mol. The van der Waals surface area contributed by atoms with E-state index in [1.54, 1.807) is 7.05 Å². The second-order valence-corrected chi connectivity index (χ2v) is 3.49. The number of halogens is 2. The zero-order valence-electron chi connectivity index (χ0n) is 6.21. The van der Waals surface area contributed by atoms with Crippen LogP contribution in [0.4, 0.5) is 0 Å². The van der Waals surface area contributed by atoms with Crippen LogP contribution in [0.5, 0.6) is 0 Å². The molecular weight excluding hydrogens is 292 g/mol. The number of rotatable bonds is 2. The van der Waals surface area contributed by atoms with Crippen molar-refractivity contribution in [3.63, 3.8) is 0 Å².